The predicted octanol–water partition coefficient (Wildman–Crippen LogP) is 3.69. The topological polar surface area (TPSA) is 104 Å². The third kappa shape index (κ3) is 3.90. The van der Waals surface area contributed by atoms with Gasteiger partial charge in [-0.05, 0) is 37.3 Å². The molecular formula is C29H38O6. The fourth-order valence-electron chi connectivity index (χ4n) is 6.53. The first-order valence-corrected chi connectivity index (χ1v) is 12.5. The summed E-state index contributed by atoms with van der Waals surface area (Å²) in [6, 6.07) is 9.30. The van der Waals surface area contributed by atoms with Crippen LogP contribution in [0.25, 0.3) is 6.08 Å². The van der Waals surface area contributed by atoms with Crippen LogP contribution in [0.15, 0.2) is 48.6 Å². The Bertz CT molecular complexity index is 1040. The van der Waals surface area contributed by atoms with Crippen LogP contribution in [0.5, 0.6) is 0 Å². The lowest BCUT2D eigenvalue weighted by Gasteiger charge is -2.59. The molecule has 2 saturated carbocycles. The molecule has 4 rings (SSSR count). The maximum Gasteiger partial charge on any atom is 0.331 e. The average molecular weight is 483 g/mol. The van der Waals surface area contributed by atoms with Crippen molar-refractivity contribution in [1.29, 1.82) is 0 Å². The molecule has 0 heterocycles. The van der Waals surface area contributed by atoms with Crippen LogP contribution in [0.3, 0.4) is 0 Å². The molecule has 35 heavy (non-hydrogen) atoms. The van der Waals surface area contributed by atoms with E-state index in [0.29, 0.717) is 12.8 Å². The monoisotopic (exact) mass is 482 g/mol. The Kier molecular flexibility index (Phi) is 6.40. The summed E-state index contributed by atoms with van der Waals surface area (Å²) in [5.41, 5.74) is -3.50. The number of ether oxygens (including phenoxy) is 1. The summed E-state index contributed by atoms with van der Waals surface area (Å²) in [7, 11) is 0. The van der Waals surface area contributed by atoms with Crippen molar-refractivity contribution in [2.24, 2.45) is 28.1 Å². The molecule has 0 bridgehead atoms. The average Bonchev–Trinajstić information content (AvgIpc) is 3.07. The number of hydrogen-bond donors (Lipinski definition) is 3. The lowest BCUT2D eigenvalue weighted by Crippen LogP contribution is -2.70. The first kappa shape index (κ1) is 25.8. The van der Waals surface area contributed by atoms with Crippen molar-refractivity contribution in [2.45, 2.75) is 77.8 Å². The van der Waals surface area contributed by atoms with Gasteiger partial charge in [-0.25, -0.2) is 4.79 Å². The molecule has 0 radical (unpaired) electrons. The smallest absolute Gasteiger partial charge is 0.331 e. The van der Waals surface area contributed by atoms with Crippen molar-refractivity contribution >= 4 is 17.8 Å². The van der Waals surface area contributed by atoms with Crippen LogP contribution in [0, 0.1) is 28.1 Å². The van der Waals surface area contributed by atoms with Crippen LogP contribution >= 0.6 is 0 Å². The van der Waals surface area contributed by atoms with E-state index in [1.165, 1.54) is 6.08 Å². The van der Waals surface area contributed by atoms with Gasteiger partial charge < -0.3 is 20.1 Å². The van der Waals surface area contributed by atoms with E-state index in [1.54, 1.807) is 19.1 Å². The summed E-state index contributed by atoms with van der Waals surface area (Å²) in [6.07, 6.45) is 4.73. The summed E-state index contributed by atoms with van der Waals surface area (Å²) in [4.78, 5) is 27.5. The van der Waals surface area contributed by atoms with Crippen LogP contribution in [-0.4, -0.2) is 51.0 Å². The Labute approximate surface area is 207 Å². The van der Waals surface area contributed by atoms with E-state index in [-0.39, 0.29) is 18.1 Å². The highest BCUT2D eigenvalue weighted by Gasteiger charge is 2.74. The third-order valence-electron chi connectivity index (χ3n) is 9.29. The number of carbonyl (C=O) groups excluding carboxylic acids is 2. The first-order chi connectivity index (χ1) is 16.3. The molecule has 3 N–H and O–H groups in total. The third-order valence-corrected chi connectivity index (χ3v) is 9.29. The zero-order valence-electron chi connectivity index (χ0n) is 21.3. The van der Waals surface area contributed by atoms with Gasteiger partial charge in [0, 0.05) is 23.3 Å². The lowest BCUT2D eigenvalue weighted by atomic mass is 9.47. The molecule has 8 atom stereocenters. The molecule has 0 unspecified atom stereocenters. The minimum absolute atomic E-state index is 0.144. The van der Waals surface area contributed by atoms with E-state index in [0.717, 1.165) is 5.56 Å². The van der Waals surface area contributed by atoms with Gasteiger partial charge in [-0.2, -0.15) is 0 Å². The number of ketones is 1. The molecule has 0 amide bonds. The second kappa shape index (κ2) is 8.68. The van der Waals surface area contributed by atoms with E-state index >= 15 is 0 Å². The Balaban J connectivity index is 1.78. The summed E-state index contributed by atoms with van der Waals surface area (Å²) < 4.78 is 5.97. The largest absolute Gasteiger partial charge is 0.447 e. The van der Waals surface area contributed by atoms with Crippen molar-refractivity contribution in [3.8, 4) is 0 Å². The number of Topliss-reactive ketones (excluding diaryl/α,β-unsaturated/α-hetero) is 1. The highest BCUT2D eigenvalue weighted by Crippen LogP contribution is 2.63. The number of hydrogen-bond acceptors (Lipinski definition) is 6. The van der Waals surface area contributed by atoms with Gasteiger partial charge in [-0.1, -0.05) is 70.2 Å². The van der Waals surface area contributed by atoms with Crippen LogP contribution < -0.4 is 0 Å². The Morgan fingerprint density at radius 3 is 2.37 bits per heavy atom. The highest BCUT2D eigenvalue weighted by atomic mass is 16.6. The Morgan fingerprint density at radius 2 is 1.71 bits per heavy atom. The molecule has 0 aliphatic heterocycles. The Hall–Kier alpha value is -2.28. The molecule has 3 aliphatic carbocycles. The van der Waals surface area contributed by atoms with Crippen molar-refractivity contribution in [1.82, 2.24) is 0 Å². The predicted molar refractivity (Wildman–Crippen MR) is 133 cm³/mol. The van der Waals surface area contributed by atoms with E-state index in [4.69, 9.17) is 4.74 Å². The zero-order chi connectivity index (χ0) is 25.8. The first-order valence-electron chi connectivity index (χ1n) is 12.5. The second-order valence-corrected chi connectivity index (χ2v) is 11.9. The molecular weight excluding hydrogens is 444 g/mol. The van der Waals surface area contributed by atoms with Crippen LogP contribution in [0.1, 0.15) is 59.4 Å². The van der Waals surface area contributed by atoms with E-state index < -0.39 is 52.0 Å². The fraction of sp³-hybridized carbons (Fsp3) is 0.586. The lowest BCUT2D eigenvalue weighted by molar-refractivity contribution is -0.216. The van der Waals surface area contributed by atoms with Gasteiger partial charge in [0.1, 0.15) is 0 Å². The van der Waals surface area contributed by atoms with Gasteiger partial charge in [-0.15, -0.1) is 0 Å². The SMILES string of the molecule is C[C@H]1C[C@]2(OC(=O)/C=C/c3ccccc3)C(=O)[C@@]3(C)/C=C\C(C)(C)[C@@H](O)CC[C@@]3(C)[C@H](O)[C@H]2[C@H]1O. The molecule has 1 aromatic rings. The number of fused-ring (bicyclic) bond motifs is 2. The van der Waals surface area contributed by atoms with Crippen LogP contribution in [0.2, 0.25) is 0 Å². The quantitative estimate of drug-likeness (QED) is 0.345. The number of carbonyl (C=O) groups is 2. The maximum atomic E-state index is 14.5. The minimum atomic E-state index is -1.64. The Morgan fingerprint density at radius 1 is 1.06 bits per heavy atom. The number of rotatable bonds is 3. The van der Waals surface area contributed by atoms with Gasteiger partial charge in [0.05, 0.1) is 29.6 Å². The summed E-state index contributed by atoms with van der Waals surface area (Å²) >= 11 is 0. The van der Waals surface area contributed by atoms with Crippen LogP contribution in [0.4, 0.5) is 0 Å². The molecule has 0 aromatic heterocycles. The molecule has 2 fully saturated rings. The summed E-state index contributed by atoms with van der Waals surface area (Å²) in [6.45, 7) is 9.29. The molecule has 3 aliphatic rings. The minimum Gasteiger partial charge on any atom is -0.447 e. The van der Waals surface area contributed by atoms with Gasteiger partial charge in [0.15, 0.2) is 11.4 Å². The highest BCUT2D eigenvalue weighted by molar-refractivity contribution is 5.99. The van der Waals surface area contributed by atoms with E-state index in [9.17, 15) is 24.9 Å². The number of aliphatic hydroxyl groups is 3. The zero-order valence-corrected chi connectivity index (χ0v) is 21.3. The molecule has 6 heteroatoms. The van der Waals surface area contributed by atoms with Crippen molar-refractivity contribution in [3.05, 3.63) is 54.1 Å². The second-order valence-electron chi connectivity index (χ2n) is 11.9. The molecule has 0 spiro atoms. The normalized spacial score (nSPS) is 43.7. The van der Waals surface area contributed by atoms with Gasteiger partial charge in [-0.3, -0.25) is 4.79 Å². The van der Waals surface area contributed by atoms with E-state index in [1.807, 2.05) is 64.1 Å². The molecule has 190 valence electrons. The van der Waals surface area contributed by atoms with Gasteiger partial charge >= 0.3 is 5.97 Å². The number of benzene rings is 1. The molecule has 1 aromatic carbocycles. The summed E-state index contributed by atoms with van der Waals surface area (Å²) in [5.74, 6) is -2.27. The van der Waals surface area contributed by atoms with Crippen LogP contribution in [-0.2, 0) is 14.3 Å². The van der Waals surface area contributed by atoms with Gasteiger partial charge in [0.25, 0.3) is 0 Å². The molecule has 0 saturated heterocycles. The number of esters is 1. The van der Waals surface area contributed by atoms with E-state index in [2.05, 4.69) is 0 Å². The molecule has 6 nitrogen and oxygen atoms in total. The maximum absolute atomic E-state index is 14.5. The van der Waals surface area contributed by atoms with Gasteiger partial charge in [0.2, 0.25) is 0 Å². The van der Waals surface area contributed by atoms with Crippen molar-refractivity contribution < 1.29 is 29.6 Å². The van der Waals surface area contributed by atoms with Crippen molar-refractivity contribution in [3.63, 3.8) is 0 Å². The standard InChI is InChI=1S/C29H38O6/c1-18-17-29(35-21(31)12-11-19-9-7-6-8-10-19)22(23(18)32)24(33)27(4)14-13-20(30)26(2,3)15-16-28(27,5)25(29)34/h6-12,15-16,18,20,22-24,30,32-33H,13-14,17H2,1-5H3/b12-11+,16-15-/t18-,20-,22+,23-,24+,27-,28+,29+/m0/s1. The number of aliphatic hydroxyl groups excluding tert-OH is 3. The summed E-state index contributed by atoms with van der Waals surface area (Å²) in [5, 5.41) is 33.7. The fourth-order valence-corrected chi connectivity index (χ4v) is 6.53. The van der Waals surface area contributed by atoms with Crippen molar-refractivity contribution in [2.75, 3.05) is 0 Å². The number of allylic oxidation sites excluding steroid dienone is 1.